The first-order valence-electron chi connectivity index (χ1n) is 8.29. The summed E-state index contributed by atoms with van der Waals surface area (Å²) in [5.74, 6) is 1.46. The molecule has 24 heavy (non-hydrogen) atoms. The van der Waals surface area contributed by atoms with Gasteiger partial charge >= 0.3 is 0 Å². The highest BCUT2D eigenvalue weighted by Crippen LogP contribution is 2.18. The average Bonchev–Trinajstić information content (AvgIpc) is 3.25. The minimum Gasteiger partial charge on any atom is -0.497 e. The van der Waals surface area contributed by atoms with Gasteiger partial charge in [-0.15, -0.1) is 0 Å². The van der Waals surface area contributed by atoms with Gasteiger partial charge in [-0.2, -0.15) is 5.10 Å². The number of amides is 1. The van der Waals surface area contributed by atoms with E-state index in [1.54, 1.807) is 18.0 Å². The molecule has 3 rings (SSSR count). The second kappa shape index (κ2) is 7.49. The molecule has 1 fully saturated rings. The molecule has 1 amide bonds. The van der Waals surface area contributed by atoms with E-state index < -0.39 is 0 Å². The molecule has 0 bridgehead atoms. The maximum Gasteiger partial charge on any atom is 0.257 e. The minimum absolute atomic E-state index is 0.0783. The minimum atomic E-state index is 0.0783. The first-order valence-corrected chi connectivity index (χ1v) is 8.29. The molecule has 0 saturated carbocycles. The molecular formula is C18H24N4O2. The van der Waals surface area contributed by atoms with Crippen molar-refractivity contribution in [1.29, 1.82) is 0 Å². The van der Waals surface area contributed by atoms with E-state index in [1.165, 1.54) is 0 Å². The summed E-state index contributed by atoms with van der Waals surface area (Å²) in [4.78, 5) is 14.5. The maximum atomic E-state index is 12.6. The number of carbonyl (C=O) groups excluding carboxylic acids is 1. The Bertz CT molecular complexity index is 681. The van der Waals surface area contributed by atoms with E-state index in [9.17, 15) is 4.79 Å². The molecule has 6 nitrogen and oxygen atoms in total. The number of hydrogen-bond donors (Lipinski definition) is 1. The molecule has 0 unspecified atom stereocenters. The third-order valence-corrected chi connectivity index (χ3v) is 4.45. The SMILES string of the molecule is CNC[C@@H]1CCN(C(=O)c2cnn(Cc3ccc(OC)cc3)c2)C1. The standard InChI is InChI=1S/C18H24N4O2/c1-19-9-15-7-8-21(11-15)18(23)16-10-20-22(13-16)12-14-3-5-17(24-2)6-4-14/h3-6,10,13,15,19H,7-9,11-12H2,1-2H3/t15-/m0/s1. The summed E-state index contributed by atoms with van der Waals surface area (Å²) in [5.41, 5.74) is 1.78. The number of hydrogen-bond acceptors (Lipinski definition) is 4. The van der Waals surface area contributed by atoms with E-state index in [-0.39, 0.29) is 5.91 Å². The second-order valence-corrected chi connectivity index (χ2v) is 6.24. The molecule has 0 aliphatic carbocycles. The third-order valence-electron chi connectivity index (χ3n) is 4.45. The van der Waals surface area contributed by atoms with Crippen molar-refractivity contribution in [3.63, 3.8) is 0 Å². The monoisotopic (exact) mass is 328 g/mol. The molecule has 1 aliphatic heterocycles. The Morgan fingerprint density at radius 3 is 2.88 bits per heavy atom. The predicted octanol–water partition coefficient (Wildman–Crippen LogP) is 1.62. The number of nitrogens with zero attached hydrogens (tertiary/aromatic N) is 3. The largest absolute Gasteiger partial charge is 0.497 e. The normalized spacial score (nSPS) is 17.2. The number of benzene rings is 1. The van der Waals surface area contributed by atoms with Crippen LogP contribution in [0, 0.1) is 5.92 Å². The van der Waals surface area contributed by atoms with Crippen LogP contribution in [-0.4, -0.2) is 54.4 Å². The first kappa shape index (κ1) is 16.5. The molecule has 2 heterocycles. The van der Waals surface area contributed by atoms with E-state index in [2.05, 4.69) is 10.4 Å². The molecule has 1 aromatic carbocycles. The van der Waals surface area contributed by atoms with Crippen molar-refractivity contribution in [3.8, 4) is 5.75 Å². The van der Waals surface area contributed by atoms with Gasteiger partial charge < -0.3 is 15.0 Å². The summed E-state index contributed by atoms with van der Waals surface area (Å²) in [6, 6.07) is 7.86. The van der Waals surface area contributed by atoms with Crippen LogP contribution in [-0.2, 0) is 6.54 Å². The van der Waals surface area contributed by atoms with Crippen LogP contribution in [0.5, 0.6) is 5.75 Å². The van der Waals surface area contributed by atoms with Gasteiger partial charge in [-0.05, 0) is 43.6 Å². The highest BCUT2D eigenvalue weighted by Gasteiger charge is 2.27. The summed E-state index contributed by atoms with van der Waals surface area (Å²) in [6.07, 6.45) is 4.56. The summed E-state index contributed by atoms with van der Waals surface area (Å²) in [5, 5.41) is 7.51. The lowest BCUT2D eigenvalue weighted by Crippen LogP contribution is -2.30. The summed E-state index contributed by atoms with van der Waals surface area (Å²) in [6.45, 7) is 3.25. The number of carbonyl (C=O) groups is 1. The molecule has 1 N–H and O–H groups in total. The lowest BCUT2D eigenvalue weighted by atomic mass is 10.1. The van der Waals surface area contributed by atoms with Crippen molar-refractivity contribution in [2.24, 2.45) is 5.92 Å². The van der Waals surface area contributed by atoms with Gasteiger partial charge in [0.25, 0.3) is 5.91 Å². The smallest absolute Gasteiger partial charge is 0.257 e. The molecule has 6 heteroatoms. The summed E-state index contributed by atoms with van der Waals surface area (Å²) >= 11 is 0. The van der Waals surface area contributed by atoms with Crippen LogP contribution in [0.1, 0.15) is 22.3 Å². The van der Waals surface area contributed by atoms with Crippen molar-refractivity contribution in [2.75, 3.05) is 33.8 Å². The zero-order valence-corrected chi connectivity index (χ0v) is 14.2. The fourth-order valence-electron chi connectivity index (χ4n) is 3.13. The van der Waals surface area contributed by atoms with Crippen molar-refractivity contribution in [1.82, 2.24) is 20.0 Å². The summed E-state index contributed by atoms with van der Waals surface area (Å²) in [7, 11) is 3.60. The molecule has 0 spiro atoms. The fraction of sp³-hybridized carbons (Fsp3) is 0.444. The Balaban J connectivity index is 1.61. The number of nitrogens with one attached hydrogen (secondary N) is 1. The highest BCUT2D eigenvalue weighted by atomic mass is 16.5. The molecule has 128 valence electrons. The van der Waals surface area contributed by atoms with E-state index in [0.717, 1.165) is 37.4 Å². The molecule has 0 radical (unpaired) electrons. The Hall–Kier alpha value is -2.34. The summed E-state index contributed by atoms with van der Waals surface area (Å²) < 4.78 is 6.96. The highest BCUT2D eigenvalue weighted by molar-refractivity contribution is 5.93. The lowest BCUT2D eigenvalue weighted by molar-refractivity contribution is 0.0787. The van der Waals surface area contributed by atoms with E-state index >= 15 is 0 Å². The Labute approximate surface area is 142 Å². The van der Waals surface area contributed by atoms with Gasteiger partial charge in [-0.1, -0.05) is 12.1 Å². The van der Waals surface area contributed by atoms with E-state index in [4.69, 9.17) is 4.74 Å². The zero-order valence-electron chi connectivity index (χ0n) is 14.2. The van der Waals surface area contributed by atoms with Crippen molar-refractivity contribution in [3.05, 3.63) is 47.8 Å². The van der Waals surface area contributed by atoms with E-state index in [1.807, 2.05) is 42.4 Å². The number of aromatic nitrogens is 2. The Morgan fingerprint density at radius 1 is 1.38 bits per heavy atom. The molecule has 1 aromatic heterocycles. The van der Waals surface area contributed by atoms with E-state index in [0.29, 0.717) is 18.0 Å². The lowest BCUT2D eigenvalue weighted by Gasteiger charge is -2.15. The fourth-order valence-corrected chi connectivity index (χ4v) is 3.13. The van der Waals surface area contributed by atoms with Gasteiger partial charge in [0.1, 0.15) is 5.75 Å². The van der Waals surface area contributed by atoms with Gasteiger partial charge in [0.2, 0.25) is 0 Å². The third kappa shape index (κ3) is 3.76. The van der Waals surface area contributed by atoms with Gasteiger partial charge in [-0.25, -0.2) is 0 Å². The molecule has 1 aliphatic rings. The Morgan fingerprint density at radius 2 is 2.17 bits per heavy atom. The molecule has 1 atom stereocenters. The van der Waals surface area contributed by atoms with Crippen LogP contribution in [0.4, 0.5) is 0 Å². The molecular weight excluding hydrogens is 304 g/mol. The number of methoxy groups -OCH3 is 1. The van der Waals surface area contributed by atoms with Crippen LogP contribution < -0.4 is 10.1 Å². The van der Waals surface area contributed by atoms with Crippen molar-refractivity contribution < 1.29 is 9.53 Å². The van der Waals surface area contributed by atoms with Crippen LogP contribution in [0.2, 0.25) is 0 Å². The predicted molar refractivity (Wildman–Crippen MR) is 92.3 cm³/mol. The van der Waals surface area contributed by atoms with Gasteiger partial charge in [0.05, 0.1) is 25.4 Å². The van der Waals surface area contributed by atoms with Gasteiger partial charge in [0, 0.05) is 19.3 Å². The van der Waals surface area contributed by atoms with Crippen molar-refractivity contribution >= 4 is 5.91 Å². The number of likely N-dealkylation sites (tertiary alicyclic amines) is 1. The quantitative estimate of drug-likeness (QED) is 0.875. The number of ether oxygens (including phenoxy) is 1. The van der Waals surface area contributed by atoms with Gasteiger partial charge in [-0.3, -0.25) is 9.48 Å². The Kier molecular flexibility index (Phi) is 5.15. The second-order valence-electron chi connectivity index (χ2n) is 6.24. The number of rotatable bonds is 6. The van der Waals surface area contributed by atoms with Crippen molar-refractivity contribution in [2.45, 2.75) is 13.0 Å². The van der Waals surface area contributed by atoms with Crippen LogP contribution in [0.15, 0.2) is 36.7 Å². The van der Waals surface area contributed by atoms with Gasteiger partial charge in [0.15, 0.2) is 0 Å². The average molecular weight is 328 g/mol. The first-order chi connectivity index (χ1) is 11.7. The molecule has 2 aromatic rings. The van der Waals surface area contributed by atoms with Crippen LogP contribution in [0.25, 0.3) is 0 Å². The van der Waals surface area contributed by atoms with Crippen LogP contribution >= 0.6 is 0 Å². The zero-order chi connectivity index (χ0) is 16.9. The molecule has 1 saturated heterocycles. The maximum absolute atomic E-state index is 12.6. The van der Waals surface area contributed by atoms with Crippen LogP contribution in [0.3, 0.4) is 0 Å². The topological polar surface area (TPSA) is 59.4 Å².